The largest absolute Gasteiger partial charge is 0.432 e. The Hall–Kier alpha value is -2.32. The van der Waals surface area contributed by atoms with Crippen LogP contribution in [0, 0.1) is 0 Å². The number of amides is 1. The zero-order valence-electron chi connectivity index (χ0n) is 11.4. The van der Waals surface area contributed by atoms with Crippen LogP contribution in [-0.2, 0) is 12.7 Å². The van der Waals surface area contributed by atoms with Crippen LogP contribution >= 0.6 is 0 Å². The van der Waals surface area contributed by atoms with Gasteiger partial charge in [-0.2, -0.15) is 23.4 Å². The number of carbonyl (C=O) groups is 1. The summed E-state index contributed by atoms with van der Waals surface area (Å²) in [6.45, 7) is 4.25. The van der Waals surface area contributed by atoms with Crippen LogP contribution < -0.4 is 5.32 Å². The minimum atomic E-state index is -4.56. The van der Waals surface area contributed by atoms with Crippen molar-refractivity contribution in [3.05, 3.63) is 35.4 Å². The Morgan fingerprint density at radius 3 is 2.81 bits per heavy atom. The molecule has 0 bridgehead atoms. The van der Waals surface area contributed by atoms with Gasteiger partial charge in [-0.15, -0.1) is 0 Å². The smallest absolute Gasteiger partial charge is 0.343 e. The fourth-order valence-electron chi connectivity index (χ4n) is 1.90. The second kappa shape index (κ2) is 5.58. The number of hydrogen-bond donors (Lipinski definition) is 2. The van der Waals surface area contributed by atoms with E-state index in [1.807, 2.05) is 6.92 Å². The normalized spacial score (nSPS) is 13.2. The maximum absolute atomic E-state index is 12.4. The average Bonchev–Trinajstić information content (AvgIpc) is 3.06. The van der Waals surface area contributed by atoms with Gasteiger partial charge in [0.05, 0.1) is 11.7 Å². The molecule has 2 aromatic rings. The Morgan fingerprint density at radius 1 is 1.52 bits per heavy atom. The zero-order chi connectivity index (χ0) is 15.6. The molecule has 0 aliphatic carbocycles. The fraction of sp³-hybridized carbons (Fsp3) is 0.417. The highest BCUT2D eigenvalue weighted by Crippen LogP contribution is 2.27. The molecule has 114 valence electrons. The van der Waals surface area contributed by atoms with Crippen LogP contribution in [0.2, 0.25) is 0 Å². The van der Waals surface area contributed by atoms with E-state index in [9.17, 15) is 18.0 Å². The lowest BCUT2D eigenvalue weighted by Crippen LogP contribution is -2.28. The van der Waals surface area contributed by atoms with Crippen molar-refractivity contribution in [1.29, 1.82) is 0 Å². The number of nitrogens with zero attached hydrogens (tertiary/aromatic N) is 3. The number of aromatic nitrogens is 4. The molecule has 0 fully saturated rings. The lowest BCUT2D eigenvalue weighted by atomic mass is 10.2. The number of alkyl halides is 3. The zero-order valence-corrected chi connectivity index (χ0v) is 11.4. The van der Waals surface area contributed by atoms with Gasteiger partial charge in [0.2, 0.25) is 0 Å². The average molecular weight is 301 g/mol. The van der Waals surface area contributed by atoms with E-state index in [1.54, 1.807) is 29.0 Å². The van der Waals surface area contributed by atoms with Gasteiger partial charge in [0.1, 0.15) is 5.69 Å². The van der Waals surface area contributed by atoms with Crippen molar-refractivity contribution in [1.82, 2.24) is 25.3 Å². The van der Waals surface area contributed by atoms with Crippen molar-refractivity contribution in [2.45, 2.75) is 32.6 Å². The van der Waals surface area contributed by atoms with E-state index < -0.39 is 23.8 Å². The Bertz CT molecular complexity index is 631. The van der Waals surface area contributed by atoms with E-state index in [-0.39, 0.29) is 5.69 Å². The van der Waals surface area contributed by atoms with Gasteiger partial charge in [-0.1, -0.05) is 0 Å². The van der Waals surface area contributed by atoms with Crippen molar-refractivity contribution in [2.24, 2.45) is 0 Å². The maximum atomic E-state index is 12.4. The van der Waals surface area contributed by atoms with Crippen molar-refractivity contribution in [3.8, 4) is 0 Å². The molecule has 21 heavy (non-hydrogen) atoms. The first kappa shape index (κ1) is 15.1. The summed E-state index contributed by atoms with van der Waals surface area (Å²) in [6.07, 6.45) is -2.96. The molecule has 1 amide bonds. The minimum Gasteiger partial charge on any atom is -0.343 e. The number of hydrogen-bond acceptors (Lipinski definition) is 3. The highest BCUT2D eigenvalue weighted by atomic mass is 19.4. The molecule has 0 radical (unpaired) electrons. The molecule has 9 heteroatoms. The lowest BCUT2D eigenvalue weighted by molar-refractivity contribution is -0.141. The van der Waals surface area contributed by atoms with Gasteiger partial charge in [0, 0.05) is 18.8 Å². The molecule has 0 spiro atoms. The summed E-state index contributed by atoms with van der Waals surface area (Å²) in [5, 5.41) is 11.8. The second-order valence-corrected chi connectivity index (χ2v) is 4.43. The molecule has 6 nitrogen and oxygen atoms in total. The van der Waals surface area contributed by atoms with Gasteiger partial charge < -0.3 is 5.32 Å². The van der Waals surface area contributed by atoms with Gasteiger partial charge in [-0.25, -0.2) is 0 Å². The predicted octanol–water partition coefficient (Wildman–Crippen LogP) is 2.14. The number of aromatic amines is 1. The SMILES string of the molecule is CCn1nccc1C(C)NC(=O)c1cc(C(F)(F)F)[nH]n1. The van der Waals surface area contributed by atoms with Crippen LogP contribution in [0.1, 0.15) is 41.8 Å². The van der Waals surface area contributed by atoms with Gasteiger partial charge in [0.15, 0.2) is 5.69 Å². The first-order valence-corrected chi connectivity index (χ1v) is 6.28. The van der Waals surface area contributed by atoms with Crippen molar-refractivity contribution in [2.75, 3.05) is 0 Å². The molecule has 0 saturated heterocycles. The lowest BCUT2D eigenvalue weighted by Gasteiger charge is -2.14. The molecule has 0 aliphatic rings. The number of halogens is 3. The van der Waals surface area contributed by atoms with Crippen LogP contribution in [0.5, 0.6) is 0 Å². The monoisotopic (exact) mass is 301 g/mol. The summed E-state index contributed by atoms with van der Waals surface area (Å²) >= 11 is 0. The van der Waals surface area contributed by atoms with Crippen LogP contribution in [0.25, 0.3) is 0 Å². The van der Waals surface area contributed by atoms with E-state index in [0.29, 0.717) is 12.6 Å². The number of nitrogens with one attached hydrogen (secondary N) is 2. The molecule has 1 atom stereocenters. The standard InChI is InChI=1S/C12H14F3N5O/c1-3-20-9(4-5-16-20)7(2)17-11(21)8-6-10(19-18-8)12(13,14)15/h4-7H,3H2,1-2H3,(H,17,21)(H,18,19). The van der Waals surface area contributed by atoms with E-state index in [2.05, 4.69) is 15.5 Å². The minimum absolute atomic E-state index is 0.309. The number of H-pyrrole nitrogens is 1. The summed E-state index contributed by atoms with van der Waals surface area (Å²) in [7, 11) is 0. The van der Waals surface area contributed by atoms with Gasteiger partial charge in [0.25, 0.3) is 5.91 Å². The molecule has 2 heterocycles. The Balaban J connectivity index is 2.09. The van der Waals surface area contributed by atoms with Crippen LogP contribution in [0.4, 0.5) is 13.2 Å². The molecule has 2 N–H and O–H groups in total. The van der Waals surface area contributed by atoms with E-state index >= 15 is 0 Å². The Morgan fingerprint density at radius 2 is 2.24 bits per heavy atom. The van der Waals surface area contributed by atoms with Crippen molar-refractivity contribution >= 4 is 5.91 Å². The first-order valence-electron chi connectivity index (χ1n) is 6.28. The second-order valence-electron chi connectivity index (χ2n) is 4.43. The van der Waals surface area contributed by atoms with Crippen molar-refractivity contribution < 1.29 is 18.0 Å². The summed E-state index contributed by atoms with van der Waals surface area (Å²) in [5.74, 6) is -0.682. The van der Waals surface area contributed by atoms with E-state index in [4.69, 9.17) is 0 Å². The third-order valence-electron chi connectivity index (χ3n) is 2.96. The molecule has 0 aromatic carbocycles. The summed E-state index contributed by atoms with van der Waals surface area (Å²) in [5.41, 5.74) is -0.604. The van der Waals surface area contributed by atoms with Crippen molar-refractivity contribution in [3.63, 3.8) is 0 Å². The van der Waals surface area contributed by atoms with Crippen LogP contribution in [0.3, 0.4) is 0 Å². The van der Waals surface area contributed by atoms with Gasteiger partial charge in [-0.05, 0) is 19.9 Å². The number of aryl methyl sites for hydroxylation is 1. The summed E-state index contributed by atoms with van der Waals surface area (Å²) < 4.78 is 39.0. The molecule has 1 unspecified atom stereocenters. The molecule has 2 rings (SSSR count). The topological polar surface area (TPSA) is 75.6 Å². The van der Waals surface area contributed by atoms with Gasteiger partial charge >= 0.3 is 6.18 Å². The molecular weight excluding hydrogens is 287 g/mol. The highest BCUT2D eigenvalue weighted by molar-refractivity contribution is 5.92. The van der Waals surface area contributed by atoms with E-state index in [1.165, 1.54) is 0 Å². The Labute approximate surface area is 118 Å². The van der Waals surface area contributed by atoms with E-state index in [0.717, 1.165) is 5.69 Å². The number of carbonyl (C=O) groups excluding carboxylic acids is 1. The Kier molecular flexibility index (Phi) is 4.01. The summed E-state index contributed by atoms with van der Waals surface area (Å²) in [6, 6.07) is 2.02. The number of rotatable bonds is 4. The van der Waals surface area contributed by atoms with Crippen LogP contribution in [-0.4, -0.2) is 25.9 Å². The summed E-state index contributed by atoms with van der Waals surface area (Å²) in [4.78, 5) is 11.9. The predicted molar refractivity (Wildman–Crippen MR) is 67.4 cm³/mol. The molecular formula is C12H14F3N5O. The third kappa shape index (κ3) is 3.23. The fourth-order valence-corrected chi connectivity index (χ4v) is 1.90. The molecule has 0 saturated carbocycles. The van der Waals surface area contributed by atoms with Gasteiger partial charge in [-0.3, -0.25) is 14.6 Å². The quantitative estimate of drug-likeness (QED) is 0.908. The highest BCUT2D eigenvalue weighted by Gasteiger charge is 2.34. The molecule has 0 aliphatic heterocycles. The first-order chi connectivity index (χ1) is 9.82. The molecule has 2 aromatic heterocycles. The van der Waals surface area contributed by atoms with Crippen LogP contribution in [0.15, 0.2) is 18.3 Å². The maximum Gasteiger partial charge on any atom is 0.432 e. The third-order valence-corrected chi connectivity index (χ3v) is 2.96.